The molecule has 2 heterocycles. The number of benzene rings is 3. The van der Waals surface area contributed by atoms with Gasteiger partial charge in [0.25, 0.3) is 5.91 Å². The molecule has 3 aromatic carbocycles. The minimum Gasteiger partial charge on any atom is -0.486 e. The lowest BCUT2D eigenvalue weighted by Gasteiger charge is -2.35. The Hall–Kier alpha value is -4.31. The second-order valence-electron chi connectivity index (χ2n) is 10.6. The molecule has 0 fully saturated rings. The van der Waals surface area contributed by atoms with Gasteiger partial charge in [0.05, 0.1) is 9.79 Å². The Bertz CT molecular complexity index is 1820. The Morgan fingerprint density at radius 1 is 0.935 bits per heavy atom. The summed E-state index contributed by atoms with van der Waals surface area (Å²) in [7, 11) is -7.94. The number of fused-ring (bicyclic) bond motifs is 2. The predicted molar refractivity (Wildman–Crippen MR) is 166 cm³/mol. The fourth-order valence-corrected chi connectivity index (χ4v) is 8.23. The van der Waals surface area contributed by atoms with Crippen molar-refractivity contribution in [3.05, 3.63) is 83.9 Å². The Balaban J connectivity index is 1.31. The number of nitrogens with one attached hydrogen (secondary N) is 3. The first-order valence-electron chi connectivity index (χ1n) is 14.7. The molecule has 0 aliphatic carbocycles. The summed E-state index contributed by atoms with van der Waals surface area (Å²) in [5.41, 5.74) is 1.03. The largest absolute Gasteiger partial charge is 0.486 e. The van der Waals surface area contributed by atoms with Gasteiger partial charge in [-0.2, -0.15) is 4.31 Å². The van der Waals surface area contributed by atoms with Crippen molar-refractivity contribution in [1.82, 2.24) is 19.7 Å². The summed E-state index contributed by atoms with van der Waals surface area (Å²) in [6, 6.07) is 16.8. The zero-order chi connectivity index (χ0) is 32.9. The average molecular weight is 671 g/mol. The molecule has 0 saturated carbocycles. The second-order valence-corrected chi connectivity index (χ2v) is 14.2. The topological polar surface area (TPSA) is 177 Å². The molecule has 0 spiro atoms. The molecule has 0 bridgehead atoms. The minimum atomic E-state index is -4.12. The molecule has 13 nitrogen and oxygen atoms in total. The molecule has 3 aromatic rings. The quantitative estimate of drug-likeness (QED) is 0.186. The van der Waals surface area contributed by atoms with Crippen LogP contribution in [0.4, 0.5) is 0 Å². The van der Waals surface area contributed by atoms with Crippen LogP contribution in [-0.2, 0) is 47.3 Å². The van der Waals surface area contributed by atoms with Gasteiger partial charge in [0.1, 0.15) is 25.3 Å². The first-order chi connectivity index (χ1) is 22.0. The van der Waals surface area contributed by atoms with Crippen LogP contribution in [-0.4, -0.2) is 83.7 Å². The number of carbonyl (C=O) groups excluding carboxylic acids is 3. The number of sulfonamides is 2. The van der Waals surface area contributed by atoms with Crippen LogP contribution in [0, 0.1) is 0 Å². The van der Waals surface area contributed by atoms with E-state index in [1.807, 2.05) is 0 Å². The highest BCUT2D eigenvalue weighted by Crippen LogP contribution is 2.39. The summed E-state index contributed by atoms with van der Waals surface area (Å²) in [6.45, 7) is 1.78. The van der Waals surface area contributed by atoms with E-state index in [4.69, 9.17) is 9.47 Å². The standard InChI is InChI=1S/C31H34N4O9S2/c1-2-35-25(18-22-19-26-27(44-16-15-43-26)20-28(22)46(35,41)42)30(37)34-24(17-21-9-5-3-6-10-21)29(36)31(38)32-13-14-33-45(39,40)23-11-7-4-8-12-23/h3-12,19-20,24-25,33H,2,13-18H2,1H3,(H,32,38)(H,34,37)/t24-,25?/m0/s1. The summed E-state index contributed by atoms with van der Waals surface area (Å²) < 4.78 is 66.7. The Morgan fingerprint density at radius 3 is 2.22 bits per heavy atom. The number of carbonyl (C=O) groups is 3. The number of amides is 2. The maximum Gasteiger partial charge on any atom is 0.289 e. The van der Waals surface area contributed by atoms with Crippen molar-refractivity contribution in [3.8, 4) is 11.5 Å². The lowest BCUT2D eigenvalue weighted by atomic mass is 9.99. The van der Waals surface area contributed by atoms with E-state index < -0.39 is 49.7 Å². The van der Waals surface area contributed by atoms with Gasteiger partial charge in [0.2, 0.25) is 31.7 Å². The molecule has 3 N–H and O–H groups in total. The van der Waals surface area contributed by atoms with Crippen molar-refractivity contribution in [1.29, 1.82) is 0 Å². The highest BCUT2D eigenvalue weighted by molar-refractivity contribution is 7.89. The van der Waals surface area contributed by atoms with Gasteiger partial charge >= 0.3 is 0 Å². The van der Waals surface area contributed by atoms with Crippen molar-refractivity contribution in [2.24, 2.45) is 0 Å². The van der Waals surface area contributed by atoms with Crippen LogP contribution >= 0.6 is 0 Å². The number of nitrogens with zero attached hydrogens (tertiary/aromatic N) is 1. The number of rotatable bonds is 12. The van der Waals surface area contributed by atoms with E-state index in [2.05, 4.69) is 15.4 Å². The third-order valence-corrected chi connectivity index (χ3v) is 11.1. The Morgan fingerprint density at radius 2 is 1.57 bits per heavy atom. The van der Waals surface area contributed by atoms with E-state index in [0.717, 1.165) is 4.31 Å². The first kappa shape index (κ1) is 33.1. The maximum atomic E-state index is 13.8. The fraction of sp³-hybridized carbons (Fsp3) is 0.323. The van der Waals surface area contributed by atoms with Crippen molar-refractivity contribution in [2.75, 3.05) is 32.8 Å². The van der Waals surface area contributed by atoms with Gasteiger partial charge in [-0.05, 0) is 35.7 Å². The molecule has 2 aliphatic heterocycles. The molecule has 1 unspecified atom stereocenters. The van der Waals surface area contributed by atoms with Crippen molar-refractivity contribution in [3.63, 3.8) is 0 Å². The first-order valence-corrected chi connectivity index (χ1v) is 17.6. The maximum absolute atomic E-state index is 13.8. The summed E-state index contributed by atoms with van der Waals surface area (Å²) in [5, 5.41) is 5.03. The van der Waals surface area contributed by atoms with Gasteiger partial charge in [-0.3, -0.25) is 14.4 Å². The number of likely N-dealkylation sites (N-methyl/N-ethyl adjacent to an activating group) is 1. The summed E-state index contributed by atoms with van der Waals surface area (Å²) >= 11 is 0. The highest BCUT2D eigenvalue weighted by Gasteiger charge is 2.43. The zero-order valence-corrected chi connectivity index (χ0v) is 26.6. The number of ether oxygens (including phenoxy) is 2. The van der Waals surface area contributed by atoms with Gasteiger partial charge in [-0.1, -0.05) is 55.5 Å². The molecule has 5 rings (SSSR count). The number of Topliss-reactive ketones (excluding diaryl/α,β-unsaturated/α-hetero) is 1. The third-order valence-electron chi connectivity index (χ3n) is 7.58. The van der Waals surface area contributed by atoms with E-state index in [-0.39, 0.29) is 48.9 Å². The molecule has 2 aliphatic rings. The van der Waals surface area contributed by atoms with E-state index in [1.165, 1.54) is 18.2 Å². The Kier molecular flexibility index (Phi) is 10.1. The van der Waals surface area contributed by atoms with Crippen LogP contribution in [0.1, 0.15) is 18.1 Å². The van der Waals surface area contributed by atoms with Crippen molar-refractivity contribution in [2.45, 2.75) is 41.6 Å². The monoisotopic (exact) mass is 670 g/mol. The van der Waals surface area contributed by atoms with Gasteiger partial charge in [0, 0.05) is 32.1 Å². The van der Waals surface area contributed by atoms with Gasteiger partial charge in [-0.15, -0.1) is 0 Å². The van der Waals surface area contributed by atoms with Gasteiger partial charge in [-0.25, -0.2) is 21.6 Å². The predicted octanol–water partition coefficient (Wildman–Crippen LogP) is 0.784. The second kappa shape index (κ2) is 14.0. The molecule has 0 radical (unpaired) electrons. The van der Waals surface area contributed by atoms with E-state index in [9.17, 15) is 31.2 Å². The Labute approximate surface area is 267 Å². The SMILES string of the molecule is CCN1C(C(=O)N[C@@H](Cc2ccccc2)C(=O)C(=O)NCCNS(=O)(=O)c2ccccc2)Cc2cc3c(cc2S1(=O)=O)OCCO3. The molecule has 2 atom stereocenters. The molecule has 244 valence electrons. The zero-order valence-electron chi connectivity index (χ0n) is 25.0. The van der Waals surface area contributed by atoms with Crippen LogP contribution in [0.15, 0.2) is 82.6 Å². The van der Waals surface area contributed by atoms with Crippen LogP contribution in [0.5, 0.6) is 11.5 Å². The molecular weight excluding hydrogens is 636 g/mol. The smallest absolute Gasteiger partial charge is 0.289 e. The van der Waals surface area contributed by atoms with E-state index in [0.29, 0.717) is 29.2 Å². The van der Waals surface area contributed by atoms with E-state index >= 15 is 0 Å². The number of ketones is 1. The average Bonchev–Trinajstić information content (AvgIpc) is 3.06. The summed E-state index contributed by atoms with van der Waals surface area (Å²) in [5.74, 6) is -2.06. The fourth-order valence-electron chi connectivity index (χ4n) is 5.35. The summed E-state index contributed by atoms with van der Waals surface area (Å²) in [4.78, 5) is 40.1. The van der Waals surface area contributed by atoms with Gasteiger partial charge in [0.15, 0.2) is 11.5 Å². The normalized spacial score (nSPS) is 17.7. The number of hydrogen-bond donors (Lipinski definition) is 3. The van der Waals surface area contributed by atoms with E-state index in [1.54, 1.807) is 61.5 Å². The van der Waals surface area contributed by atoms with Crippen LogP contribution < -0.4 is 24.8 Å². The molecule has 0 aromatic heterocycles. The van der Waals surface area contributed by atoms with Crippen LogP contribution in [0.25, 0.3) is 0 Å². The molecule has 0 saturated heterocycles. The van der Waals surface area contributed by atoms with Crippen LogP contribution in [0.2, 0.25) is 0 Å². The van der Waals surface area contributed by atoms with Gasteiger partial charge < -0.3 is 20.1 Å². The molecule has 15 heteroatoms. The molecule has 2 amide bonds. The lowest BCUT2D eigenvalue weighted by Crippen LogP contribution is -2.57. The number of hydrogen-bond acceptors (Lipinski definition) is 9. The highest BCUT2D eigenvalue weighted by atomic mass is 32.2. The van der Waals surface area contributed by atoms with Crippen molar-refractivity contribution < 1.29 is 40.7 Å². The van der Waals surface area contributed by atoms with Crippen LogP contribution in [0.3, 0.4) is 0 Å². The minimum absolute atomic E-state index is 0.00484. The summed E-state index contributed by atoms with van der Waals surface area (Å²) in [6.07, 6.45) is -0.0365. The third kappa shape index (κ3) is 7.22. The molecule has 46 heavy (non-hydrogen) atoms. The lowest BCUT2D eigenvalue weighted by molar-refractivity contribution is -0.140. The van der Waals surface area contributed by atoms with Crippen molar-refractivity contribution >= 4 is 37.6 Å². The molecular formula is C31H34N4O9S2.